The van der Waals surface area contributed by atoms with Crippen LogP contribution in [0, 0.1) is 3.57 Å². The molecule has 0 saturated carbocycles. The number of rotatable bonds is 1. The van der Waals surface area contributed by atoms with Crippen LogP contribution in [0.1, 0.15) is 6.42 Å². The molecule has 0 bridgehead atoms. The van der Waals surface area contributed by atoms with Crippen LogP contribution in [-0.4, -0.2) is 13.1 Å². The highest BCUT2D eigenvalue weighted by atomic mass is 127. The molecule has 0 aromatic heterocycles. The van der Waals surface area contributed by atoms with Gasteiger partial charge in [-0.25, -0.2) is 0 Å². The van der Waals surface area contributed by atoms with Gasteiger partial charge in [0.2, 0.25) is 0 Å². The summed E-state index contributed by atoms with van der Waals surface area (Å²) >= 11 is 2.27. The van der Waals surface area contributed by atoms with Crippen LogP contribution in [0.15, 0.2) is 18.2 Å². The Bertz CT molecular complexity index is 295. The monoisotopic (exact) mass is 274 g/mol. The third-order valence-electron chi connectivity index (χ3n) is 2.21. The second kappa shape index (κ2) is 3.12. The summed E-state index contributed by atoms with van der Waals surface area (Å²) in [7, 11) is 0. The number of nitrogen functional groups attached to an aromatic ring is 1. The summed E-state index contributed by atoms with van der Waals surface area (Å²) in [4.78, 5) is 2.36. The first-order valence-electron chi connectivity index (χ1n) is 4.07. The van der Waals surface area contributed by atoms with Crippen molar-refractivity contribution in [1.82, 2.24) is 0 Å². The summed E-state index contributed by atoms with van der Waals surface area (Å²) in [6, 6.07) is 6.22. The minimum absolute atomic E-state index is 0.875. The number of nitrogens with zero attached hydrogens (tertiary/aromatic N) is 1. The lowest BCUT2D eigenvalue weighted by atomic mass is 10.2. The van der Waals surface area contributed by atoms with Gasteiger partial charge in [0, 0.05) is 28.0 Å². The highest BCUT2D eigenvalue weighted by Crippen LogP contribution is 2.25. The van der Waals surface area contributed by atoms with Crippen molar-refractivity contribution in [3.05, 3.63) is 21.8 Å². The topological polar surface area (TPSA) is 29.3 Å². The van der Waals surface area contributed by atoms with E-state index in [0.717, 1.165) is 9.26 Å². The minimum Gasteiger partial charge on any atom is -0.398 e. The number of hydrogen-bond donors (Lipinski definition) is 1. The third-order valence-corrected chi connectivity index (χ3v) is 3.14. The fourth-order valence-electron chi connectivity index (χ4n) is 1.29. The van der Waals surface area contributed by atoms with Crippen LogP contribution >= 0.6 is 22.6 Å². The van der Waals surface area contributed by atoms with Gasteiger partial charge in [-0.3, -0.25) is 0 Å². The van der Waals surface area contributed by atoms with Gasteiger partial charge in [0.15, 0.2) is 0 Å². The molecule has 1 fully saturated rings. The van der Waals surface area contributed by atoms with Crippen molar-refractivity contribution in [2.75, 3.05) is 23.7 Å². The Hall–Kier alpha value is -0.450. The molecule has 0 aliphatic carbocycles. The van der Waals surface area contributed by atoms with E-state index >= 15 is 0 Å². The molecule has 0 radical (unpaired) electrons. The molecular weight excluding hydrogens is 263 g/mol. The van der Waals surface area contributed by atoms with E-state index in [1.54, 1.807) is 0 Å². The van der Waals surface area contributed by atoms with E-state index in [-0.39, 0.29) is 0 Å². The van der Waals surface area contributed by atoms with Crippen molar-refractivity contribution < 1.29 is 0 Å². The zero-order chi connectivity index (χ0) is 8.55. The summed E-state index contributed by atoms with van der Waals surface area (Å²) < 4.78 is 1.15. The van der Waals surface area contributed by atoms with Crippen molar-refractivity contribution in [1.29, 1.82) is 0 Å². The molecule has 12 heavy (non-hydrogen) atoms. The van der Waals surface area contributed by atoms with Gasteiger partial charge < -0.3 is 10.6 Å². The molecule has 1 aromatic carbocycles. The van der Waals surface area contributed by atoms with E-state index < -0.39 is 0 Å². The largest absolute Gasteiger partial charge is 0.398 e. The minimum atomic E-state index is 0.875. The van der Waals surface area contributed by atoms with E-state index in [1.165, 1.54) is 25.2 Å². The maximum Gasteiger partial charge on any atom is 0.0451 e. The third kappa shape index (κ3) is 1.37. The van der Waals surface area contributed by atoms with Gasteiger partial charge in [-0.2, -0.15) is 0 Å². The first-order chi connectivity index (χ1) is 5.77. The molecule has 1 aliphatic heterocycles. The van der Waals surface area contributed by atoms with Crippen LogP contribution < -0.4 is 10.6 Å². The molecule has 1 saturated heterocycles. The number of hydrogen-bond acceptors (Lipinski definition) is 2. The quantitative estimate of drug-likeness (QED) is 0.627. The number of nitrogens with two attached hydrogens (primary N) is 1. The Kier molecular flexibility index (Phi) is 2.12. The zero-order valence-corrected chi connectivity index (χ0v) is 8.91. The SMILES string of the molecule is Nc1ccc(N2CCC2)cc1I. The second-order valence-corrected chi connectivity index (χ2v) is 4.21. The maximum atomic E-state index is 5.72. The summed E-state index contributed by atoms with van der Waals surface area (Å²) in [6.07, 6.45) is 1.32. The molecule has 2 rings (SSSR count). The van der Waals surface area contributed by atoms with Crippen LogP contribution in [0.4, 0.5) is 11.4 Å². The molecule has 0 atom stereocenters. The van der Waals surface area contributed by atoms with E-state index in [4.69, 9.17) is 5.73 Å². The Balaban J connectivity index is 2.27. The first-order valence-corrected chi connectivity index (χ1v) is 5.15. The van der Waals surface area contributed by atoms with Crippen molar-refractivity contribution in [2.24, 2.45) is 0 Å². The Morgan fingerprint density at radius 1 is 1.33 bits per heavy atom. The van der Waals surface area contributed by atoms with Gasteiger partial charge in [-0.05, 0) is 47.2 Å². The lowest BCUT2D eigenvalue weighted by Gasteiger charge is -2.33. The summed E-state index contributed by atoms with van der Waals surface area (Å²) in [5, 5.41) is 0. The molecular formula is C9H11IN2. The first kappa shape index (κ1) is 8.16. The van der Waals surface area contributed by atoms with E-state index in [9.17, 15) is 0 Å². The van der Waals surface area contributed by atoms with Crippen molar-refractivity contribution in [3.63, 3.8) is 0 Å². The van der Waals surface area contributed by atoms with Gasteiger partial charge in [-0.15, -0.1) is 0 Å². The lowest BCUT2D eigenvalue weighted by Crippen LogP contribution is -2.36. The molecule has 0 unspecified atom stereocenters. The lowest BCUT2D eigenvalue weighted by molar-refractivity contribution is 0.617. The smallest absolute Gasteiger partial charge is 0.0451 e. The van der Waals surface area contributed by atoms with Crippen LogP contribution in [0.2, 0.25) is 0 Å². The number of anilines is 2. The normalized spacial score (nSPS) is 15.9. The fourth-order valence-corrected chi connectivity index (χ4v) is 1.79. The van der Waals surface area contributed by atoms with Gasteiger partial charge in [0.1, 0.15) is 0 Å². The molecule has 1 aromatic rings. The Labute approximate surface area is 85.9 Å². The van der Waals surface area contributed by atoms with Crippen molar-refractivity contribution in [3.8, 4) is 0 Å². The standard InChI is InChI=1S/C9H11IN2/c10-8-6-7(2-3-9(8)11)12-4-1-5-12/h2-3,6H,1,4-5,11H2. The molecule has 2 nitrogen and oxygen atoms in total. The van der Waals surface area contributed by atoms with Crippen LogP contribution in [0.3, 0.4) is 0 Å². The molecule has 64 valence electrons. The van der Waals surface area contributed by atoms with E-state index in [2.05, 4.69) is 39.6 Å². The van der Waals surface area contributed by atoms with Crippen molar-refractivity contribution in [2.45, 2.75) is 6.42 Å². The Morgan fingerprint density at radius 2 is 2.08 bits per heavy atom. The van der Waals surface area contributed by atoms with Gasteiger partial charge in [0.05, 0.1) is 0 Å². The van der Waals surface area contributed by atoms with E-state index in [0.29, 0.717) is 0 Å². The van der Waals surface area contributed by atoms with Gasteiger partial charge in [-0.1, -0.05) is 0 Å². The number of benzene rings is 1. The molecule has 1 aliphatic rings. The average Bonchev–Trinajstić information content (AvgIpc) is 1.93. The average molecular weight is 274 g/mol. The predicted molar refractivity (Wildman–Crippen MR) is 60.4 cm³/mol. The molecule has 1 heterocycles. The molecule has 0 spiro atoms. The summed E-state index contributed by atoms with van der Waals surface area (Å²) in [6.45, 7) is 2.39. The highest BCUT2D eigenvalue weighted by molar-refractivity contribution is 14.1. The summed E-state index contributed by atoms with van der Waals surface area (Å²) in [5.74, 6) is 0. The van der Waals surface area contributed by atoms with Crippen LogP contribution in [0.25, 0.3) is 0 Å². The number of halogens is 1. The second-order valence-electron chi connectivity index (χ2n) is 3.05. The molecule has 3 heteroatoms. The van der Waals surface area contributed by atoms with Crippen LogP contribution in [-0.2, 0) is 0 Å². The Morgan fingerprint density at radius 3 is 2.58 bits per heavy atom. The van der Waals surface area contributed by atoms with Gasteiger partial charge in [0.25, 0.3) is 0 Å². The van der Waals surface area contributed by atoms with Gasteiger partial charge >= 0.3 is 0 Å². The predicted octanol–water partition coefficient (Wildman–Crippen LogP) is 2.08. The van der Waals surface area contributed by atoms with Crippen molar-refractivity contribution >= 4 is 34.0 Å². The summed E-state index contributed by atoms with van der Waals surface area (Å²) in [5.41, 5.74) is 7.90. The van der Waals surface area contributed by atoms with E-state index in [1.807, 2.05) is 6.07 Å². The zero-order valence-electron chi connectivity index (χ0n) is 6.76. The van der Waals surface area contributed by atoms with Crippen LogP contribution in [0.5, 0.6) is 0 Å². The maximum absolute atomic E-state index is 5.72. The molecule has 2 N–H and O–H groups in total. The molecule has 0 amide bonds. The fraction of sp³-hybridized carbons (Fsp3) is 0.333. The highest BCUT2D eigenvalue weighted by Gasteiger charge is 2.14.